The summed E-state index contributed by atoms with van der Waals surface area (Å²) < 4.78 is 0. The lowest BCUT2D eigenvalue weighted by Crippen LogP contribution is -2.20. The van der Waals surface area contributed by atoms with Gasteiger partial charge in [-0.2, -0.15) is 0 Å². The van der Waals surface area contributed by atoms with E-state index in [1.165, 1.54) is 39.2 Å². The van der Waals surface area contributed by atoms with Gasteiger partial charge in [-0.05, 0) is 40.3 Å². The molecule has 0 bridgehead atoms. The quantitative estimate of drug-likeness (QED) is 0.309. The number of nitrogens with zero attached hydrogens (tertiary/aromatic N) is 1. The molecule has 0 fully saturated rings. The molecule has 1 aliphatic rings. The van der Waals surface area contributed by atoms with Crippen molar-refractivity contribution in [2.24, 2.45) is 5.92 Å². The fourth-order valence-electron chi connectivity index (χ4n) is 4.74. The second-order valence-corrected chi connectivity index (χ2v) is 8.77. The number of hydrogen-bond acceptors (Lipinski definition) is 1. The average Bonchev–Trinajstić information content (AvgIpc) is 2.89. The first-order chi connectivity index (χ1) is 16.2. The molecule has 4 aromatic rings. The van der Waals surface area contributed by atoms with Crippen LogP contribution < -0.4 is 4.90 Å². The van der Waals surface area contributed by atoms with Gasteiger partial charge < -0.3 is 4.90 Å². The molecular weight excluding hydrogens is 398 g/mol. The van der Waals surface area contributed by atoms with Crippen molar-refractivity contribution >= 4 is 5.69 Å². The smallest absolute Gasteiger partial charge is 0.0493 e. The van der Waals surface area contributed by atoms with Crippen LogP contribution in [0, 0.1) is 5.92 Å². The maximum Gasteiger partial charge on any atom is 0.0493 e. The van der Waals surface area contributed by atoms with E-state index in [1.807, 2.05) is 0 Å². The van der Waals surface area contributed by atoms with Crippen LogP contribution in [-0.2, 0) is 0 Å². The summed E-state index contributed by atoms with van der Waals surface area (Å²) >= 11 is 0. The van der Waals surface area contributed by atoms with Crippen molar-refractivity contribution in [1.29, 1.82) is 0 Å². The minimum Gasteiger partial charge on any atom is -0.344 e. The van der Waals surface area contributed by atoms with Gasteiger partial charge in [0.05, 0.1) is 0 Å². The lowest BCUT2D eigenvalue weighted by molar-refractivity contribution is 0.627. The molecule has 1 nitrogen and oxygen atoms in total. The predicted octanol–water partition coefficient (Wildman–Crippen LogP) is 8.33. The fourth-order valence-corrected chi connectivity index (χ4v) is 4.74. The zero-order chi connectivity index (χ0) is 22.6. The van der Waals surface area contributed by atoms with Crippen molar-refractivity contribution in [1.82, 2.24) is 0 Å². The normalized spacial score (nSPS) is 17.5. The second kappa shape index (κ2) is 9.34. The summed E-state index contributed by atoms with van der Waals surface area (Å²) in [6.07, 6.45) is 7.04. The Morgan fingerprint density at radius 1 is 0.636 bits per heavy atom. The third kappa shape index (κ3) is 4.40. The summed E-state index contributed by atoms with van der Waals surface area (Å²) in [5, 5.41) is 0. The van der Waals surface area contributed by atoms with Crippen LogP contribution in [0.25, 0.3) is 22.3 Å². The maximum absolute atomic E-state index is 2.40. The minimum absolute atomic E-state index is 0.410. The molecule has 1 heteroatoms. The van der Waals surface area contributed by atoms with Gasteiger partial charge in [0, 0.05) is 29.9 Å². The molecule has 0 aliphatic heterocycles. The number of benzene rings is 4. The van der Waals surface area contributed by atoms with E-state index in [2.05, 4.69) is 146 Å². The molecule has 0 saturated heterocycles. The van der Waals surface area contributed by atoms with Crippen molar-refractivity contribution in [2.75, 3.05) is 11.9 Å². The molecular formula is C32H29N. The van der Waals surface area contributed by atoms with Crippen LogP contribution in [0.2, 0.25) is 0 Å². The van der Waals surface area contributed by atoms with Crippen molar-refractivity contribution < 1.29 is 0 Å². The molecule has 0 heterocycles. The Morgan fingerprint density at radius 2 is 1.24 bits per heavy atom. The summed E-state index contributed by atoms with van der Waals surface area (Å²) in [4.78, 5) is 2.34. The van der Waals surface area contributed by atoms with Gasteiger partial charge >= 0.3 is 0 Å². The van der Waals surface area contributed by atoms with Crippen molar-refractivity contribution in [3.8, 4) is 22.3 Å². The lowest BCUT2D eigenvalue weighted by Gasteiger charge is -2.30. The Kier molecular flexibility index (Phi) is 5.95. The van der Waals surface area contributed by atoms with E-state index >= 15 is 0 Å². The third-order valence-electron chi connectivity index (χ3n) is 6.60. The number of rotatable bonds is 5. The van der Waals surface area contributed by atoms with Gasteiger partial charge in [0.25, 0.3) is 0 Å². The molecule has 2 atom stereocenters. The van der Waals surface area contributed by atoms with E-state index in [4.69, 9.17) is 0 Å². The summed E-state index contributed by atoms with van der Waals surface area (Å²) in [6, 6.07) is 38.9. The molecule has 0 saturated carbocycles. The molecule has 33 heavy (non-hydrogen) atoms. The molecule has 0 radical (unpaired) electrons. The van der Waals surface area contributed by atoms with Crippen LogP contribution in [-0.4, -0.2) is 7.05 Å². The summed E-state index contributed by atoms with van der Waals surface area (Å²) in [7, 11) is 2.18. The summed E-state index contributed by atoms with van der Waals surface area (Å²) in [5.74, 6) is 0.833. The highest BCUT2D eigenvalue weighted by Gasteiger charge is 2.21. The minimum atomic E-state index is 0.410. The van der Waals surface area contributed by atoms with Gasteiger partial charge in [0.2, 0.25) is 0 Å². The van der Waals surface area contributed by atoms with Crippen LogP contribution in [0.3, 0.4) is 0 Å². The first-order valence-electron chi connectivity index (χ1n) is 11.6. The molecule has 2 unspecified atom stereocenters. The van der Waals surface area contributed by atoms with Crippen molar-refractivity contribution in [2.45, 2.75) is 12.8 Å². The fraction of sp³-hybridized carbons (Fsp3) is 0.125. The first kappa shape index (κ1) is 21.0. The molecule has 0 amide bonds. The van der Waals surface area contributed by atoms with Crippen molar-refractivity contribution in [3.05, 3.63) is 139 Å². The molecule has 0 N–H and O–H groups in total. The van der Waals surface area contributed by atoms with Crippen LogP contribution in [0.4, 0.5) is 5.69 Å². The zero-order valence-corrected chi connectivity index (χ0v) is 19.2. The number of anilines is 1. The Balaban J connectivity index is 1.54. The van der Waals surface area contributed by atoms with Gasteiger partial charge in [0.15, 0.2) is 0 Å². The van der Waals surface area contributed by atoms with E-state index in [9.17, 15) is 0 Å². The molecule has 162 valence electrons. The van der Waals surface area contributed by atoms with E-state index in [0.717, 1.165) is 0 Å². The topological polar surface area (TPSA) is 3.24 Å². The van der Waals surface area contributed by atoms with Crippen molar-refractivity contribution in [3.63, 3.8) is 0 Å². The van der Waals surface area contributed by atoms with Gasteiger partial charge in [-0.15, -0.1) is 0 Å². The maximum atomic E-state index is 2.40. The number of allylic oxidation sites excluding steroid dienone is 3. The average molecular weight is 428 g/mol. The zero-order valence-electron chi connectivity index (χ0n) is 19.2. The Morgan fingerprint density at radius 3 is 1.88 bits per heavy atom. The number of hydrogen-bond donors (Lipinski definition) is 0. The molecule has 5 rings (SSSR count). The predicted molar refractivity (Wildman–Crippen MR) is 141 cm³/mol. The Labute approximate surface area is 197 Å². The molecule has 1 aliphatic carbocycles. The van der Waals surface area contributed by atoms with Gasteiger partial charge in [-0.25, -0.2) is 0 Å². The third-order valence-corrected chi connectivity index (χ3v) is 6.60. The highest BCUT2D eigenvalue weighted by molar-refractivity contribution is 5.84. The van der Waals surface area contributed by atoms with Crippen LogP contribution in [0.5, 0.6) is 0 Å². The van der Waals surface area contributed by atoms with E-state index < -0.39 is 0 Å². The highest BCUT2D eigenvalue weighted by Crippen LogP contribution is 2.38. The Bertz CT molecular complexity index is 1270. The van der Waals surface area contributed by atoms with Gasteiger partial charge in [-0.1, -0.05) is 122 Å². The Hall–Kier alpha value is -3.84. The SMILES string of the molecule is CC1C=C(N(C)c2cc(-c3ccccc3)ccc2-c2ccccc2)C=CC1c1ccccc1. The first-order valence-corrected chi connectivity index (χ1v) is 11.6. The summed E-state index contributed by atoms with van der Waals surface area (Å²) in [6.45, 7) is 2.31. The lowest BCUT2D eigenvalue weighted by atomic mass is 9.83. The van der Waals surface area contributed by atoms with Crippen LogP contribution >= 0.6 is 0 Å². The second-order valence-electron chi connectivity index (χ2n) is 8.77. The molecule has 4 aromatic carbocycles. The molecule has 0 aromatic heterocycles. The standard InChI is InChI=1S/C32H29N/c1-24-22-29(19-21-30(24)26-14-8-4-9-15-26)33(2)32-23-28(25-12-6-3-7-13-25)18-20-31(32)27-16-10-5-11-17-27/h3-24,30H,1-2H3. The highest BCUT2D eigenvalue weighted by atomic mass is 15.1. The van der Waals surface area contributed by atoms with Gasteiger partial charge in [0.1, 0.15) is 0 Å². The van der Waals surface area contributed by atoms with Gasteiger partial charge in [-0.3, -0.25) is 0 Å². The van der Waals surface area contributed by atoms with E-state index in [-0.39, 0.29) is 0 Å². The largest absolute Gasteiger partial charge is 0.344 e. The van der Waals surface area contributed by atoms with Crippen LogP contribution in [0.1, 0.15) is 18.4 Å². The van der Waals surface area contributed by atoms with E-state index in [1.54, 1.807) is 0 Å². The molecule has 0 spiro atoms. The summed E-state index contributed by atoms with van der Waals surface area (Å²) in [5.41, 5.74) is 8.75. The monoisotopic (exact) mass is 427 g/mol. The number of likely N-dealkylation sites (N-methyl/N-ethyl adjacent to an activating group) is 1. The van der Waals surface area contributed by atoms with Crippen LogP contribution in [0.15, 0.2) is 133 Å². The van der Waals surface area contributed by atoms with E-state index in [0.29, 0.717) is 11.8 Å².